The van der Waals surface area contributed by atoms with E-state index in [-0.39, 0.29) is 17.3 Å². The molecule has 0 aliphatic carbocycles. The molecule has 0 aromatic heterocycles. The number of anilines is 1. The maximum atomic E-state index is 13.7. The summed E-state index contributed by atoms with van der Waals surface area (Å²) in [7, 11) is 1.28. The van der Waals surface area contributed by atoms with Crippen LogP contribution in [0, 0.1) is 23.0 Å². The third kappa shape index (κ3) is 2.79. The van der Waals surface area contributed by atoms with Crippen LogP contribution in [0.4, 0.5) is 19.3 Å². The first-order valence-electron chi connectivity index (χ1n) is 6.03. The number of amides is 1. The molecular formula is C13H13F2N3O2. The number of rotatable bonds is 2. The summed E-state index contributed by atoms with van der Waals surface area (Å²) in [5.41, 5.74) is -0.353. The summed E-state index contributed by atoms with van der Waals surface area (Å²) in [5, 5.41) is 11.4. The molecule has 1 N–H and O–H groups in total. The predicted octanol–water partition coefficient (Wildman–Crippen LogP) is 2.09. The molecule has 5 nitrogen and oxygen atoms in total. The van der Waals surface area contributed by atoms with E-state index in [1.54, 1.807) is 6.07 Å². The van der Waals surface area contributed by atoms with Crippen molar-refractivity contribution in [3.05, 3.63) is 29.3 Å². The number of nitrogens with zero attached hydrogens (tertiary/aromatic N) is 2. The number of nitrogens with one attached hydrogen (secondary N) is 1. The van der Waals surface area contributed by atoms with Crippen molar-refractivity contribution in [2.75, 3.05) is 25.5 Å². The lowest BCUT2D eigenvalue weighted by molar-refractivity contribution is 0.133. The molecule has 1 fully saturated rings. The minimum absolute atomic E-state index is 0.0758. The molecule has 2 rings (SSSR count). The van der Waals surface area contributed by atoms with E-state index >= 15 is 0 Å². The van der Waals surface area contributed by atoms with Crippen LogP contribution in [-0.4, -0.2) is 37.2 Å². The molecule has 20 heavy (non-hydrogen) atoms. The molecule has 0 spiro atoms. The highest BCUT2D eigenvalue weighted by Crippen LogP contribution is 2.23. The highest BCUT2D eigenvalue weighted by atomic mass is 19.1. The molecule has 0 saturated carbocycles. The molecule has 1 amide bonds. The second kappa shape index (κ2) is 5.74. The van der Waals surface area contributed by atoms with Gasteiger partial charge in [-0.05, 0) is 18.6 Å². The molecule has 7 heteroatoms. The summed E-state index contributed by atoms with van der Waals surface area (Å²) >= 11 is 0. The Kier molecular flexibility index (Phi) is 4.03. The summed E-state index contributed by atoms with van der Waals surface area (Å²) < 4.78 is 32.0. The summed E-state index contributed by atoms with van der Waals surface area (Å²) in [6, 6.07) is 3.36. The normalized spacial score (nSPS) is 17.7. The van der Waals surface area contributed by atoms with Gasteiger partial charge in [0.2, 0.25) is 0 Å². The number of hydrogen-bond donors (Lipinski definition) is 1. The molecule has 0 bridgehead atoms. The van der Waals surface area contributed by atoms with Gasteiger partial charge in [-0.1, -0.05) is 0 Å². The first-order valence-corrected chi connectivity index (χ1v) is 6.03. The average Bonchev–Trinajstić information content (AvgIpc) is 2.90. The summed E-state index contributed by atoms with van der Waals surface area (Å²) in [5.74, 6) is -1.64. The number of carbonyl (C=O) groups is 1. The highest BCUT2D eigenvalue weighted by molar-refractivity contribution is 5.68. The van der Waals surface area contributed by atoms with Gasteiger partial charge in [0.25, 0.3) is 0 Å². The van der Waals surface area contributed by atoms with Crippen molar-refractivity contribution in [1.82, 2.24) is 4.90 Å². The van der Waals surface area contributed by atoms with Crippen LogP contribution in [0.3, 0.4) is 0 Å². The zero-order valence-electron chi connectivity index (χ0n) is 10.8. The van der Waals surface area contributed by atoms with Crippen molar-refractivity contribution in [3.8, 4) is 6.07 Å². The average molecular weight is 281 g/mol. The van der Waals surface area contributed by atoms with Gasteiger partial charge in [0, 0.05) is 19.1 Å². The van der Waals surface area contributed by atoms with Gasteiger partial charge in [-0.15, -0.1) is 0 Å². The fourth-order valence-electron chi connectivity index (χ4n) is 2.15. The van der Waals surface area contributed by atoms with Gasteiger partial charge >= 0.3 is 6.09 Å². The maximum absolute atomic E-state index is 13.7. The number of benzene rings is 1. The van der Waals surface area contributed by atoms with Gasteiger partial charge in [0.15, 0.2) is 11.6 Å². The lowest BCUT2D eigenvalue weighted by Gasteiger charge is -2.17. The van der Waals surface area contributed by atoms with Gasteiger partial charge in [0.1, 0.15) is 5.69 Å². The van der Waals surface area contributed by atoms with Gasteiger partial charge in [0.05, 0.1) is 18.7 Å². The molecule has 1 aromatic carbocycles. The summed E-state index contributed by atoms with van der Waals surface area (Å²) in [6.45, 7) is 0.773. The third-order valence-electron chi connectivity index (χ3n) is 3.14. The number of hydrogen-bond acceptors (Lipinski definition) is 4. The van der Waals surface area contributed by atoms with Crippen molar-refractivity contribution in [1.29, 1.82) is 5.26 Å². The van der Waals surface area contributed by atoms with Crippen LogP contribution in [0.2, 0.25) is 0 Å². The van der Waals surface area contributed by atoms with Crippen LogP contribution in [0.25, 0.3) is 0 Å². The number of carbonyl (C=O) groups excluding carboxylic acids is 1. The number of likely N-dealkylation sites (tertiary alicyclic amines) is 1. The van der Waals surface area contributed by atoms with Crippen molar-refractivity contribution in [2.24, 2.45) is 0 Å². The second-order valence-electron chi connectivity index (χ2n) is 4.47. The summed E-state index contributed by atoms with van der Waals surface area (Å²) in [6.07, 6.45) is 0.101. The predicted molar refractivity (Wildman–Crippen MR) is 67.1 cm³/mol. The Bertz CT molecular complexity index is 548. The Morgan fingerprint density at radius 1 is 1.50 bits per heavy atom. The first kappa shape index (κ1) is 14.1. The van der Waals surface area contributed by atoms with Gasteiger partial charge in [-0.2, -0.15) is 5.26 Å². The minimum Gasteiger partial charge on any atom is -0.453 e. The van der Waals surface area contributed by atoms with E-state index in [2.05, 4.69) is 10.1 Å². The monoisotopic (exact) mass is 281 g/mol. The van der Waals surface area contributed by atoms with E-state index < -0.39 is 17.7 Å². The smallest absolute Gasteiger partial charge is 0.409 e. The van der Waals surface area contributed by atoms with E-state index in [0.29, 0.717) is 19.5 Å². The van der Waals surface area contributed by atoms with E-state index in [0.717, 1.165) is 12.1 Å². The van der Waals surface area contributed by atoms with E-state index in [1.807, 2.05) is 0 Å². The van der Waals surface area contributed by atoms with Crippen LogP contribution in [-0.2, 0) is 4.74 Å². The molecule has 0 unspecified atom stereocenters. The topological polar surface area (TPSA) is 65.4 Å². The Labute approximate surface area is 114 Å². The van der Waals surface area contributed by atoms with Crippen LogP contribution < -0.4 is 5.32 Å². The molecule has 1 aliphatic rings. The molecule has 0 radical (unpaired) electrons. The Morgan fingerprint density at radius 2 is 2.15 bits per heavy atom. The quantitative estimate of drug-likeness (QED) is 0.901. The highest BCUT2D eigenvalue weighted by Gasteiger charge is 2.28. The van der Waals surface area contributed by atoms with Gasteiger partial charge in [-0.3, -0.25) is 0 Å². The standard InChI is InChI=1S/C13H13F2N3O2/c1-20-13(19)18-3-2-9(7-18)17-12-10(14)4-8(6-16)5-11(12)15/h4-5,9,17H,2-3,7H2,1H3/t9-/m0/s1. The fourth-order valence-corrected chi connectivity index (χ4v) is 2.15. The van der Waals surface area contributed by atoms with Crippen molar-refractivity contribution < 1.29 is 18.3 Å². The molecule has 1 heterocycles. The first-order chi connectivity index (χ1) is 9.55. The minimum atomic E-state index is -0.821. The summed E-state index contributed by atoms with van der Waals surface area (Å²) in [4.78, 5) is 12.8. The molecule has 1 aromatic rings. The Balaban J connectivity index is 2.09. The molecule has 1 saturated heterocycles. The lowest BCUT2D eigenvalue weighted by Crippen LogP contribution is -2.31. The lowest BCUT2D eigenvalue weighted by atomic mass is 10.1. The van der Waals surface area contributed by atoms with Crippen LogP contribution in [0.5, 0.6) is 0 Å². The number of halogens is 2. The van der Waals surface area contributed by atoms with Crippen LogP contribution >= 0.6 is 0 Å². The fraction of sp³-hybridized carbons (Fsp3) is 0.385. The molecule has 1 atom stereocenters. The van der Waals surface area contributed by atoms with Gasteiger partial charge < -0.3 is 15.0 Å². The number of methoxy groups -OCH3 is 1. The van der Waals surface area contributed by atoms with Crippen molar-refractivity contribution >= 4 is 11.8 Å². The van der Waals surface area contributed by atoms with E-state index in [9.17, 15) is 13.6 Å². The van der Waals surface area contributed by atoms with Crippen LogP contribution in [0.15, 0.2) is 12.1 Å². The molecule has 1 aliphatic heterocycles. The van der Waals surface area contributed by atoms with Crippen molar-refractivity contribution in [3.63, 3.8) is 0 Å². The maximum Gasteiger partial charge on any atom is 0.409 e. The Hall–Kier alpha value is -2.36. The van der Waals surface area contributed by atoms with Crippen molar-refractivity contribution in [2.45, 2.75) is 12.5 Å². The molecular weight excluding hydrogens is 268 g/mol. The third-order valence-corrected chi connectivity index (χ3v) is 3.14. The van der Waals surface area contributed by atoms with E-state index in [4.69, 9.17) is 5.26 Å². The SMILES string of the molecule is COC(=O)N1CC[C@H](Nc2c(F)cc(C#N)cc2F)C1. The zero-order chi connectivity index (χ0) is 14.7. The molecule has 106 valence electrons. The largest absolute Gasteiger partial charge is 0.453 e. The van der Waals surface area contributed by atoms with E-state index in [1.165, 1.54) is 12.0 Å². The zero-order valence-corrected chi connectivity index (χ0v) is 10.8. The second-order valence-corrected chi connectivity index (χ2v) is 4.47. The number of nitriles is 1. The number of ether oxygens (including phenoxy) is 1. The van der Waals surface area contributed by atoms with Gasteiger partial charge in [-0.25, -0.2) is 13.6 Å². The van der Waals surface area contributed by atoms with Crippen LogP contribution in [0.1, 0.15) is 12.0 Å². The Morgan fingerprint density at radius 3 is 2.70 bits per heavy atom.